The number of rotatable bonds is 4. The Morgan fingerprint density at radius 2 is 2.09 bits per heavy atom. The number of aromatic nitrogens is 1. The second kappa shape index (κ2) is 6.42. The molecule has 1 heterocycles. The van der Waals surface area contributed by atoms with E-state index in [1.54, 1.807) is 13.0 Å². The highest BCUT2D eigenvalue weighted by Crippen LogP contribution is 2.37. The smallest absolute Gasteiger partial charge is 0.354 e. The number of halogens is 2. The van der Waals surface area contributed by atoms with Gasteiger partial charge in [-0.15, -0.1) is 0 Å². The Balaban J connectivity index is 2.23. The Morgan fingerprint density at radius 1 is 1.45 bits per heavy atom. The lowest BCUT2D eigenvalue weighted by Gasteiger charge is -2.26. The molecule has 120 valence electrons. The number of hydrogen-bond acceptors (Lipinski definition) is 3. The van der Waals surface area contributed by atoms with Gasteiger partial charge < -0.3 is 9.84 Å². The molecule has 22 heavy (non-hydrogen) atoms. The molecule has 1 aliphatic rings. The summed E-state index contributed by atoms with van der Waals surface area (Å²) in [5, 5.41) is 9.12. The fourth-order valence-electron chi connectivity index (χ4n) is 2.67. The molecule has 1 fully saturated rings. The molecule has 0 aliphatic heterocycles. The van der Waals surface area contributed by atoms with E-state index in [9.17, 15) is 13.6 Å². The summed E-state index contributed by atoms with van der Waals surface area (Å²) in [5.41, 5.74) is 1.10. The molecule has 1 aromatic heterocycles. The minimum absolute atomic E-state index is 0.0318. The van der Waals surface area contributed by atoms with E-state index in [1.165, 1.54) is 13.3 Å². The lowest BCUT2D eigenvalue weighted by molar-refractivity contribution is -0.0410. The minimum atomic E-state index is -2.55. The van der Waals surface area contributed by atoms with Crippen molar-refractivity contribution in [3.05, 3.63) is 29.1 Å². The Morgan fingerprint density at radius 3 is 2.64 bits per heavy atom. The SMILES string of the molecule is COc1cnc(C(=O)O)c(C)c1C=CC1CCC(F)(F)CC1. The van der Waals surface area contributed by atoms with Gasteiger partial charge in [0.25, 0.3) is 0 Å². The summed E-state index contributed by atoms with van der Waals surface area (Å²) in [4.78, 5) is 15.0. The number of ether oxygens (including phenoxy) is 1. The van der Waals surface area contributed by atoms with Crippen molar-refractivity contribution in [1.82, 2.24) is 4.98 Å². The van der Waals surface area contributed by atoms with Crippen LogP contribution in [0.1, 0.15) is 47.3 Å². The first-order chi connectivity index (χ1) is 10.3. The highest BCUT2D eigenvalue weighted by atomic mass is 19.3. The van der Waals surface area contributed by atoms with Crippen LogP contribution in [0, 0.1) is 12.8 Å². The first-order valence-corrected chi connectivity index (χ1v) is 7.17. The van der Waals surface area contributed by atoms with Crippen LogP contribution in [0.15, 0.2) is 12.3 Å². The number of nitrogens with zero attached hydrogens (tertiary/aromatic N) is 1. The molecular formula is C16H19F2NO3. The third-order valence-corrected chi connectivity index (χ3v) is 4.05. The van der Waals surface area contributed by atoms with Crippen LogP contribution in [0.2, 0.25) is 0 Å². The average molecular weight is 311 g/mol. The summed E-state index contributed by atoms with van der Waals surface area (Å²) >= 11 is 0. The Hall–Kier alpha value is -1.98. The van der Waals surface area contributed by atoms with Crippen LogP contribution in [-0.4, -0.2) is 29.1 Å². The number of methoxy groups -OCH3 is 1. The first-order valence-electron chi connectivity index (χ1n) is 7.17. The summed E-state index contributed by atoms with van der Waals surface area (Å²) < 4.78 is 31.5. The third-order valence-electron chi connectivity index (χ3n) is 4.05. The number of carboxylic acid groups (broad SMARTS) is 1. The number of alkyl halides is 2. The molecule has 0 atom stereocenters. The van der Waals surface area contributed by atoms with E-state index >= 15 is 0 Å². The molecule has 1 N–H and O–H groups in total. The van der Waals surface area contributed by atoms with Gasteiger partial charge in [-0.3, -0.25) is 0 Å². The maximum atomic E-state index is 13.1. The largest absolute Gasteiger partial charge is 0.495 e. The molecule has 6 heteroatoms. The molecule has 2 rings (SSSR count). The van der Waals surface area contributed by atoms with Crippen molar-refractivity contribution in [3.8, 4) is 5.75 Å². The van der Waals surface area contributed by atoms with Crippen LogP contribution in [0.5, 0.6) is 5.75 Å². The molecule has 1 aliphatic carbocycles. The molecule has 1 aromatic rings. The topological polar surface area (TPSA) is 59.4 Å². The predicted octanol–water partition coefficient (Wildman–Crippen LogP) is 3.94. The Kier molecular flexibility index (Phi) is 4.78. The Labute approximate surface area is 127 Å². The van der Waals surface area contributed by atoms with E-state index in [1.807, 2.05) is 6.08 Å². The zero-order valence-electron chi connectivity index (χ0n) is 12.6. The number of allylic oxidation sites excluding steroid dienone is 1. The van der Waals surface area contributed by atoms with Crippen molar-refractivity contribution in [1.29, 1.82) is 0 Å². The van der Waals surface area contributed by atoms with Gasteiger partial charge in [-0.2, -0.15) is 0 Å². The number of carbonyl (C=O) groups is 1. The van der Waals surface area contributed by atoms with Crippen molar-refractivity contribution in [3.63, 3.8) is 0 Å². The number of aromatic carboxylic acids is 1. The quantitative estimate of drug-likeness (QED) is 0.915. The summed E-state index contributed by atoms with van der Waals surface area (Å²) in [6.07, 6.45) is 5.65. The predicted molar refractivity (Wildman–Crippen MR) is 78.4 cm³/mol. The molecule has 0 saturated heterocycles. The third kappa shape index (κ3) is 3.61. The molecule has 0 bridgehead atoms. The molecule has 0 amide bonds. The summed E-state index contributed by atoms with van der Waals surface area (Å²) in [6, 6.07) is 0. The van der Waals surface area contributed by atoms with E-state index in [-0.39, 0.29) is 24.5 Å². The van der Waals surface area contributed by atoms with Gasteiger partial charge in [0.1, 0.15) is 5.75 Å². The van der Waals surface area contributed by atoms with Gasteiger partial charge in [0.05, 0.1) is 13.3 Å². The maximum Gasteiger partial charge on any atom is 0.354 e. The number of hydrogen-bond donors (Lipinski definition) is 1. The van der Waals surface area contributed by atoms with Crippen molar-refractivity contribution >= 4 is 12.0 Å². The van der Waals surface area contributed by atoms with Gasteiger partial charge in [0.15, 0.2) is 5.69 Å². The Bertz CT molecular complexity index is 589. The van der Waals surface area contributed by atoms with E-state index in [2.05, 4.69) is 4.98 Å². The van der Waals surface area contributed by atoms with Crippen LogP contribution in [0.4, 0.5) is 8.78 Å². The van der Waals surface area contributed by atoms with E-state index in [0.717, 1.165) is 0 Å². The normalized spacial score (nSPS) is 18.5. The van der Waals surface area contributed by atoms with Gasteiger partial charge in [0.2, 0.25) is 5.92 Å². The summed E-state index contributed by atoms with van der Waals surface area (Å²) in [7, 11) is 1.48. The van der Waals surface area contributed by atoms with Gasteiger partial charge in [-0.1, -0.05) is 12.2 Å². The van der Waals surface area contributed by atoms with E-state index in [0.29, 0.717) is 29.7 Å². The zero-order valence-corrected chi connectivity index (χ0v) is 12.6. The van der Waals surface area contributed by atoms with Crippen LogP contribution in [-0.2, 0) is 0 Å². The lowest BCUT2D eigenvalue weighted by Crippen LogP contribution is -2.23. The van der Waals surface area contributed by atoms with Crippen molar-refractivity contribution in [2.24, 2.45) is 5.92 Å². The maximum absolute atomic E-state index is 13.1. The van der Waals surface area contributed by atoms with Crippen LogP contribution < -0.4 is 4.74 Å². The highest BCUT2D eigenvalue weighted by molar-refractivity contribution is 5.88. The van der Waals surface area contributed by atoms with Gasteiger partial charge >= 0.3 is 5.97 Å². The van der Waals surface area contributed by atoms with Crippen molar-refractivity contribution < 1.29 is 23.4 Å². The van der Waals surface area contributed by atoms with Gasteiger partial charge in [0, 0.05) is 18.4 Å². The molecule has 0 aromatic carbocycles. The second-order valence-corrected chi connectivity index (χ2v) is 5.57. The molecular weight excluding hydrogens is 292 g/mol. The standard InChI is InChI=1S/C16H19F2NO3/c1-10-12(13(22-2)9-19-14(10)15(20)21)4-3-11-5-7-16(17,18)8-6-11/h3-4,9,11H,5-8H2,1-2H3,(H,20,21). The van der Waals surface area contributed by atoms with E-state index in [4.69, 9.17) is 9.84 Å². The zero-order chi connectivity index (χ0) is 16.3. The average Bonchev–Trinajstić information content (AvgIpc) is 2.46. The highest BCUT2D eigenvalue weighted by Gasteiger charge is 2.33. The van der Waals surface area contributed by atoms with Crippen LogP contribution in [0.3, 0.4) is 0 Å². The molecule has 0 spiro atoms. The fraction of sp³-hybridized carbons (Fsp3) is 0.500. The van der Waals surface area contributed by atoms with E-state index < -0.39 is 11.9 Å². The number of pyridine rings is 1. The number of carboxylic acids is 1. The minimum Gasteiger partial charge on any atom is -0.495 e. The van der Waals surface area contributed by atoms with Gasteiger partial charge in [-0.05, 0) is 31.2 Å². The van der Waals surface area contributed by atoms with Gasteiger partial charge in [-0.25, -0.2) is 18.6 Å². The molecule has 4 nitrogen and oxygen atoms in total. The van der Waals surface area contributed by atoms with Crippen molar-refractivity contribution in [2.75, 3.05) is 7.11 Å². The summed E-state index contributed by atoms with van der Waals surface area (Å²) in [6.45, 7) is 1.66. The van der Waals surface area contributed by atoms with Crippen LogP contribution >= 0.6 is 0 Å². The van der Waals surface area contributed by atoms with Crippen LogP contribution in [0.25, 0.3) is 6.08 Å². The molecule has 0 unspecified atom stereocenters. The summed E-state index contributed by atoms with van der Waals surface area (Å²) in [5.74, 6) is -3.11. The molecule has 0 radical (unpaired) electrons. The van der Waals surface area contributed by atoms with Crippen molar-refractivity contribution in [2.45, 2.75) is 38.5 Å². The monoisotopic (exact) mass is 311 g/mol. The second-order valence-electron chi connectivity index (χ2n) is 5.57. The fourth-order valence-corrected chi connectivity index (χ4v) is 2.67. The molecule has 1 saturated carbocycles. The first kappa shape index (κ1) is 16.4. The lowest BCUT2D eigenvalue weighted by atomic mass is 9.86.